The molecule has 0 aliphatic carbocycles. The Hall–Kier alpha value is -2.65. The van der Waals surface area contributed by atoms with E-state index in [9.17, 15) is 0 Å². The zero-order chi connectivity index (χ0) is 16.9. The number of rotatable bonds is 5. The summed E-state index contributed by atoms with van der Waals surface area (Å²) in [5.41, 5.74) is 8.46. The number of aromatic nitrogens is 2. The molecule has 2 aromatic rings. The second kappa shape index (κ2) is 7.28. The van der Waals surface area contributed by atoms with E-state index in [-0.39, 0.29) is 6.04 Å². The minimum atomic E-state index is 0.207. The van der Waals surface area contributed by atoms with Crippen molar-refractivity contribution >= 4 is 17.5 Å². The largest absolute Gasteiger partial charge is 0.355 e. The summed E-state index contributed by atoms with van der Waals surface area (Å²) in [6.45, 7) is 3.89. The summed E-state index contributed by atoms with van der Waals surface area (Å²) in [5.74, 6) is 1.48. The van der Waals surface area contributed by atoms with E-state index >= 15 is 0 Å². The van der Waals surface area contributed by atoms with Gasteiger partial charge in [0.1, 0.15) is 5.82 Å². The highest BCUT2D eigenvalue weighted by Crippen LogP contribution is 2.22. The van der Waals surface area contributed by atoms with Gasteiger partial charge in [0.15, 0.2) is 0 Å². The number of nitrogens with two attached hydrogens (primary N) is 1. The number of anilines is 3. The lowest BCUT2D eigenvalue weighted by Gasteiger charge is -2.19. The minimum absolute atomic E-state index is 0.207. The number of benzene rings is 1. The first kappa shape index (κ1) is 16.2. The molecule has 3 rings (SSSR count). The molecular formula is C18H22N6. The molecule has 24 heavy (non-hydrogen) atoms. The maximum Gasteiger partial charge on any atom is 0.229 e. The van der Waals surface area contributed by atoms with E-state index in [1.165, 1.54) is 0 Å². The Labute approximate surface area is 142 Å². The molecule has 0 saturated carbocycles. The predicted molar refractivity (Wildman–Crippen MR) is 95.3 cm³/mol. The van der Waals surface area contributed by atoms with E-state index in [0.717, 1.165) is 49.6 Å². The molecule has 0 radical (unpaired) electrons. The first-order chi connectivity index (χ1) is 11.7. The third-order valence-corrected chi connectivity index (χ3v) is 4.07. The highest BCUT2D eigenvalue weighted by Gasteiger charge is 2.21. The smallest absolute Gasteiger partial charge is 0.229 e. The topological polar surface area (TPSA) is 90.9 Å². The zero-order valence-electron chi connectivity index (χ0n) is 13.9. The first-order valence-corrected chi connectivity index (χ1v) is 8.33. The van der Waals surface area contributed by atoms with Crippen LogP contribution >= 0.6 is 0 Å². The van der Waals surface area contributed by atoms with Gasteiger partial charge in [-0.1, -0.05) is 19.4 Å². The minimum Gasteiger partial charge on any atom is -0.355 e. The summed E-state index contributed by atoms with van der Waals surface area (Å²) < 4.78 is 0. The van der Waals surface area contributed by atoms with Crippen molar-refractivity contribution in [2.75, 3.05) is 23.3 Å². The molecule has 2 heterocycles. The van der Waals surface area contributed by atoms with Crippen LogP contribution < -0.4 is 16.0 Å². The Morgan fingerprint density at radius 1 is 1.38 bits per heavy atom. The number of hydrogen-bond acceptors (Lipinski definition) is 6. The van der Waals surface area contributed by atoms with Crippen LogP contribution in [-0.2, 0) is 6.42 Å². The van der Waals surface area contributed by atoms with Crippen molar-refractivity contribution in [1.82, 2.24) is 9.97 Å². The number of aryl methyl sites for hydroxylation is 1. The van der Waals surface area contributed by atoms with Gasteiger partial charge in [0.05, 0.1) is 11.6 Å². The molecule has 0 bridgehead atoms. The van der Waals surface area contributed by atoms with Crippen molar-refractivity contribution in [3.63, 3.8) is 0 Å². The summed E-state index contributed by atoms with van der Waals surface area (Å²) >= 11 is 0. The molecule has 3 N–H and O–H groups in total. The highest BCUT2D eigenvalue weighted by molar-refractivity contribution is 5.58. The predicted octanol–water partition coefficient (Wildman–Crippen LogP) is 2.58. The lowest BCUT2D eigenvalue weighted by atomic mass is 10.2. The molecule has 0 amide bonds. The molecule has 1 aliphatic heterocycles. The summed E-state index contributed by atoms with van der Waals surface area (Å²) in [4.78, 5) is 11.5. The van der Waals surface area contributed by atoms with Gasteiger partial charge in [0.2, 0.25) is 5.95 Å². The highest BCUT2D eigenvalue weighted by atomic mass is 15.2. The van der Waals surface area contributed by atoms with Crippen LogP contribution in [0.5, 0.6) is 0 Å². The van der Waals surface area contributed by atoms with Crippen LogP contribution in [0, 0.1) is 11.3 Å². The fourth-order valence-corrected chi connectivity index (χ4v) is 2.88. The summed E-state index contributed by atoms with van der Waals surface area (Å²) in [7, 11) is 0. The SMILES string of the molecule is CCCc1cc(N2CC[C@H](N)C2)nc(Nc2cccc(C#N)c2)n1. The Morgan fingerprint density at radius 2 is 2.25 bits per heavy atom. The van der Waals surface area contributed by atoms with E-state index in [1.54, 1.807) is 12.1 Å². The average Bonchev–Trinajstić information content (AvgIpc) is 3.02. The quantitative estimate of drug-likeness (QED) is 0.879. The first-order valence-electron chi connectivity index (χ1n) is 8.33. The standard InChI is InChI=1S/C18H22N6/c1-2-4-15-10-17(24-8-7-14(20)12-24)23-18(21-15)22-16-6-3-5-13(9-16)11-19/h3,5-6,9-10,14H,2,4,7-8,12,20H2,1H3,(H,21,22,23)/t14-/m0/s1. The van der Waals surface area contributed by atoms with Gasteiger partial charge in [0, 0.05) is 36.6 Å². The van der Waals surface area contributed by atoms with Gasteiger partial charge in [0.25, 0.3) is 0 Å². The number of nitrogens with zero attached hydrogens (tertiary/aromatic N) is 4. The van der Waals surface area contributed by atoms with Crippen molar-refractivity contribution in [3.05, 3.63) is 41.6 Å². The zero-order valence-corrected chi connectivity index (χ0v) is 13.9. The molecule has 0 spiro atoms. The lowest BCUT2D eigenvalue weighted by Crippen LogP contribution is -2.27. The van der Waals surface area contributed by atoms with Gasteiger partial charge in [-0.15, -0.1) is 0 Å². The molecular weight excluding hydrogens is 300 g/mol. The van der Waals surface area contributed by atoms with E-state index in [2.05, 4.69) is 39.2 Å². The Kier molecular flexibility index (Phi) is 4.92. The third kappa shape index (κ3) is 3.81. The van der Waals surface area contributed by atoms with Crippen LogP contribution in [0.15, 0.2) is 30.3 Å². The molecule has 1 saturated heterocycles. The maximum atomic E-state index is 9.03. The van der Waals surface area contributed by atoms with E-state index < -0.39 is 0 Å². The van der Waals surface area contributed by atoms with Gasteiger partial charge in [-0.25, -0.2) is 4.98 Å². The Bertz CT molecular complexity index is 751. The number of nitriles is 1. The Balaban J connectivity index is 1.88. The van der Waals surface area contributed by atoms with Crippen molar-refractivity contribution in [2.24, 2.45) is 5.73 Å². The fraction of sp³-hybridized carbons (Fsp3) is 0.389. The fourth-order valence-electron chi connectivity index (χ4n) is 2.88. The van der Waals surface area contributed by atoms with Crippen molar-refractivity contribution in [2.45, 2.75) is 32.2 Å². The number of nitrogens with one attached hydrogen (secondary N) is 1. The summed E-state index contributed by atoms with van der Waals surface area (Å²) in [6, 6.07) is 11.7. The maximum absolute atomic E-state index is 9.03. The molecule has 1 aromatic carbocycles. The molecule has 1 fully saturated rings. The van der Waals surface area contributed by atoms with Crippen molar-refractivity contribution in [3.8, 4) is 6.07 Å². The number of hydrogen-bond donors (Lipinski definition) is 2. The monoisotopic (exact) mass is 322 g/mol. The van der Waals surface area contributed by atoms with E-state index in [0.29, 0.717) is 11.5 Å². The van der Waals surface area contributed by atoms with Gasteiger partial charge in [-0.05, 0) is 31.0 Å². The van der Waals surface area contributed by atoms with Crippen molar-refractivity contribution in [1.29, 1.82) is 5.26 Å². The van der Waals surface area contributed by atoms with E-state index in [4.69, 9.17) is 11.0 Å². The van der Waals surface area contributed by atoms with Crippen LogP contribution in [0.4, 0.5) is 17.5 Å². The van der Waals surface area contributed by atoms with Crippen LogP contribution in [0.3, 0.4) is 0 Å². The second-order valence-electron chi connectivity index (χ2n) is 6.10. The van der Waals surface area contributed by atoms with E-state index in [1.807, 2.05) is 12.1 Å². The van der Waals surface area contributed by atoms with Crippen LogP contribution in [0.25, 0.3) is 0 Å². The van der Waals surface area contributed by atoms with Crippen molar-refractivity contribution < 1.29 is 0 Å². The Morgan fingerprint density at radius 3 is 2.96 bits per heavy atom. The molecule has 124 valence electrons. The molecule has 1 atom stereocenters. The van der Waals surface area contributed by atoms with Crippen LogP contribution in [0.2, 0.25) is 0 Å². The van der Waals surface area contributed by atoms with Crippen LogP contribution in [0.1, 0.15) is 31.0 Å². The van der Waals surface area contributed by atoms with Crippen LogP contribution in [-0.4, -0.2) is 29.1 Å². The molecule has 6 heteroatoms. The van der Waals surface area contributed by atoms with Gasteiger partial charge >= 0.3 is 0 Å². The summed E-state index contributed by atoms with van der Waals surface area (Å²) in [5, 5.41) is 12.2. The molecule has 1 aliphatic rings. The summed E-state index contributed by atoms with van der Waals surface area (Å²) in [6.07, 6.45) is 2.92. The van der Waals surface area contributed by atoms with Gasteiger partial charge < -0.3 is 16.0 Å². The van der Waals surface area contributed by atoms with Gasteiger partial charge in [-0.3, -0.25) is 0 Å². The molecule has 1 aromatic heterocycles. The third-order valence-electron chi connectivity index (χ3n) is 4.07. The normalized spacial score (nSPS) is 16.9. The second-order valence-corrected chi connectivity index (χ2v) is 6.10. The lowest BCUT2D eigenvalue weighted by molar-refractivity contribution is 0.751. The molecule has 0 unspecified atom stereocenters. The van der Waals surface area contributed by atoms with Gasteiger partial charge in [-0.2, -0.15) is 10.2 Å². The molecule has 6 nitrogen and oxygen atoms in total. The average molecular weight is 322 g/mol.